The summed E-state index contributed by atoms with van der Waals surface area (Å²) in [7, 11) is 0. The van der Waals surface area contributed by atoms with Gasteiger partial charge in [-0.2, -0.15) is 0 Å². The number of aromatic nitrogens is 2. The Morgan fingerprint density at radius 3 is 2.48 bits per heavy atom. The number of carbonyl (C=O) groups excluding carboxylic acids is 2. The second kappa shape index (κ2) is 6.70. The van der Waals surface area contributed by atoms with E-state index in [0.29, 0.717) is 32.0 Å². The fourth-order valence-corrected chi connectivity index (χ4v) is 2.73. The van der Waals surface area contributed by atoms with Gasteiger partial charge in [-0.05, 0) is 12.5 Å². The number of rotatable bonds is 2. The summed E-state index contributed by atoms with van der Waals surface area (Å²) in [5.41, 5.74) is 5.25. The number of hydrogen-bond acceptors (Lipinski definition) is 5. The van der Waals surface area contributed by atoms with Crippen molar-refractivity contribution in [2.45, 2.75) is 27.2 Å². The van der Waals surface area contributed by atoms with Crippen LogP contribution in [0.5, 0.6) is 0 Å². The van der Waals surface area contributed by atoms with E-state index < -0.39 is 11.3 Å². The minimum absolute atomic E-state index is 0.122. The lowest BCUT2D eigenvalue weighted by atomic mass is 9.94. The van der Waals surface area contributed by atoms with Crippen LogP contribution in [0.2, 0.25) is 5.15 Å². The largest absolute Gasteiger partial charge is 0.365 e. The van der Waals surface area contributed by atoms with Crippen LogP contribution in [-0.4, -0.2) is 53.1 Å². The van der Waals surface area contributed by atoms with Gasteiger partial charge in [0, 0.05) is 31.6 Å². The molecule has 0 aromatic carbocycles. The standard InChI is InChI=1S/C15H22ClN5O2/c1-15(2,3)14(23)21-6-4-5-20(7-8-21)13-10(12(17)22)9-11(16)18-19-13/h9H,4-8H2,1-3H3,(H2,17,22). The molecule has 1 aliphatic rings. The fourth-order valence-electron chi connectivity index (χ4n) is 2.58. The summed E-state index contributed by atoms with van der Waals surface area (Å²) in [6.07, 6.45) is 0.782. The van der Waals surface area contributed by atoms with Crippen LogP contribution in [0.3, 0.4) is 0 Å². The highest BCUT2D eigenvalue weighted by atomic mass is 35.5. The van der Waals surface area contributed by atoms with Crippen molar-refractivity contribution in [2.75, 3.05) is 31.1 Å². The predicted molar refractivity (Wildman–Crippen MR) is 88.4 cm³/mol. The molecule has 0 unspecified atom stereocenters. The quantitative estimate of drug-likeness (QED) is 0.877. The molecule has 23 heavy (non-hydrogen) atoms. The fraction of sp³-hybridized carbons (Fsp3) is 0.600. The van der Waals surface area contributed by atoms with Crippen LogP contribution in [0.15, 0.2) is 6.07 Å². The first-order chi connectivity index (χ1) is 10.7. The molecule has 7 nitrogen and oxygen atoms in total. The summed E-state index contributed by atoms with van der Waals surface area (Å²) < 4.78 is 0. The molecule has 0 radical (unpaired) electrons. The lowest BCUT2D eigenvalue weighted by Gasteiger charge is -2.28. The van der Waals surface area contributed by atoms with Gasteiger partial charge in [-0.1, -0.05) is 32.4 Å². The van der Waals surface area contributed by atoms with Crippen molar-refractivity contribution in [1.82, 2.24) is 15.1 Å². The SMILES string of the molecule is CC(C)(C)C(=O)N1CCCN(c2nnc(Cl)cc2C(N)=O)CC1. The van der Waals surface area contributed by atoms with E-state index in [1.165, 1.54) is 6.07 Å². The topological polar surface area (TPSA) is 92.4 Å². The molecule has 1 aliphatic heterocycles. The van der Waals surface area contributed by atoms with E-state index in [9.17, 15) is 9.59 Å². The van der Waals surface area contributed by atoms with E-state index in [4.69, 9.17) is 17.3 Å². The van der Waals surface area contributed by atoms with Crippen LogP contribution in [-0.2, 0) is 4.79 Å². The van der Waals surface area contributed by atoms with Crippen LogP contribution in [0, 0.1) is 5.41 Å². The zero-order chi connectivity index (χ0) is 17.2. The summed E-state index contributed by atoms with van der Waals surface area (Å²) >= 11 is 5.79. The van der Waals surface area contributed by atoms with E-state index in [1.54, 1.807) is 0 Å². The molecule has 2 rings (SSSR count). The van der Waals surface area contributed by atoms with Gasteiger partial charge in [0.15, 0.2) is 11.0 Å². The second-order valence-corrected chi connectivity index (χ2v) is 7.04. The van der Waals surface area contributed by atoms with Gasteiger partial charge < -0.3 is 15.5 Å². The highest BCUT2D eigenvalue weighted by molar-refractivity contribution is 6.29. The molecule has 0 atom stereocenters. The first-order valence-electron chi connectivity index (χ1n) is 7.57. The zero-order valence-corrected chi connectivity index (χ0v) is 14.4. The number of carbonyl (C=O) groups is 2. The Hall–Kier alpha value is -1.89. The van der Waals surface area contributed by atoms with Gasteiger partial charge in [-0.15, -0.1) is 10.2 Å². The van der Waals surface area contributed by atoms with Gasteiger partial charge >= 0.3 is 0 Å². The highest BCUT2D eigenvalue weighted by Gasteiger charge is 2.29. The van der Waals surface area contributed by atoms with Gasteiger partial charge in [0.25, 0.3) is 5.91 Å². The Kier molecular flexibility index (Phi) is 5.09. The Bertz CT molecular complexity index is 614. The molecule has 1 aromatic heterocycles. The van der Waals surface area contributed by atoms with Crippen LogP contribution in [0.4, 0.5) is 5.82 Å². The molecule has 2 N–H and O–H groups in total. The monoisotopic (exact) mass is 339 g/mol. The van der Waals surface area contributed by atoms with Gasteiger partial charge in [0.1, 0.15) is 0 Å². The van der Waals surface area contributed by atoms with Crippen molar-refractivity contribution in [2.24, 2.45) is 11.1 Å². The molecular formula is C15H22ClN5O2. The zero-order valence-electron chi connectivity index (χ0n) is 13.7. The third kappa shape index (κ3) is 4.10. The molecule has 126 valence electrons. The first kappa shape index (κ1) is 17.5. The maximum absolute atomic E-state index is 12.4. The Labute approximate surface area is 140 Å². The molecule has 0 bridgehead atoms. The predicted octanol–water partition coefficient (Wildman–Crippen LogP) is 1.31. The van der Waals surface area contributed by atoms with E-state index >= 15 is 0 Å². The maximum atomic E-state index is 12.4. The number of primary amides is 1. The van der Waals surface area contributed by atoms with Crippen molar-refractivity contribution >= 4 is 29.2 Å². The number of nitrogens with two attached hydrogens (primary N) is 1. The molecule has 8 heteroatoms. The average Bonchev–Trinajstić information content (AvgIpc) is 2.71. The molecule has 0 saturated carbocycles. The van der Waals surface area contributed by atoms with Gasteiger partial charge in [0.2, 0.25) is 5.91 Å². The van der Waals surface area contributed by atoms with Crippen molar-refractivity contribution in [3.05, 3.63) is 16.8 Å². The molecule has 1 aromatic rings. The number of anilines is 1. The van der Waals surface area contributed by atoms with Crippen molar-refractivity contribution in [1.29, 1.82) is 0 Å². The van der Waals surface area contributed by atoms with E-state index in [1.807, 2.05) is 30.6 Å². The van der Waals surface area contributed by atoms with Crippen molar-refractivity contribution in [3.8, 4) is 0 Å². The third-order valence-electron chi connectivity index (χ3n) is 3.73. The maximum Gasteiger partial charge on any atom is 0.252 e. The number of hydrogen-bond donors (Lipinski definition) is 1. The van der Waals surface area contributed by atoms with Gasteiger partial charge in [-0.25, -0.2) is 0 Å². The highest BCUT2D eigenvalue weighted by Crippen LogP contribution is 2.23. The van der Waals surface area contributed by atoms with E-state index in [-0.39, 0.29) is 16.6 Å². The summed E-state index contributed by atoms with van der Waals surface area (Å²) in [6, 6.07) is 1.43. The van der Waals surface area contributed by atoms with Crippen molar-refractivity contribution in [3.63, 3.8) is 0 Å². The van der Waals surface area contributed by atoms with Gasteiger partial charge in [0.05, 0.1) is 5.56 Å². The summed E-state index contributed by atoms with van der Waals surface area (Å²) in [5.74, 6) is -0.0488. The Balaban J connectivity index is 2.18. The van der Waals surface area contributed by atoms with Gasteiger partial charge in [-0.3, -0.25) is 9.59 Å². The summed E-state index contributed by atoms with van der Waals surface area (Å²) in [5, 5.41) is 7.96. The van der Waals surface area contributed by atoms with E-state index in [2.05, 4.69) is 10.2 Å². The number of nitrogens with zero attached hydrogens (tertiary/aromatic N) is 4. The van der Waals surface area contributed by atoms with Crippen LogP contribution < -0.4 is 10.6 Å². The summed E-state index contributed by atoms with van der Waals surface area (Å²) in [6.45, 7) is 8.22. The molecule has 0 aliphatic carbocycles. The average molecular weight is 340 g/mol. The molecular weight excluding hydrogens is 318 g/mol. The smallest absolute Gasteiger partial charge is 0.252 e. The lowest BCUT2D eigenvalue weighted by Crippen LogP contribution is -2.41. The lowest BCUT2D eigenvalue weighted by molar-refractivity contribution is -0.139. The minimum atomic E-state index is -0.594. The number of amides is 2. The first-order valence-corrected chi connectivity index (χ1v) is 7.95. The molecule has 2 heterocycles. The van der Waals surface area contributed by atoms with Crippen LogP contribution in [0.25, 0.3) is 0 Å². The Morgan fingerprint density at radius 1 is 1.17 bits per heavy atom. The Morgan fingerprint density at radius 2 is 1.87 bits per heavy atom. The molecule has 0 spiro atoms. The molecule has 1 saturated heterocycles. The minimum Gasteiger partial charge on any atom is -0.365 e. The molecule has 1 fully saturated rings. The normalized spacial score (nSPS) is 16.2. The van der Waals surface area contributed by atoms with Crippen LogP contribution in [0.1, 0.15) is 37.6 Å². The third-order valence-corrected chi connectivity index (χ3v) is 3.92. The molecule has 2 amide bonds. The summed E-state index contributed by atoms with van der Waals surface area (Å²) in [4.78, 5) is 27.8. The van der Waals surface area contributed by atoms with Crippen LogP contribution >= 0.6 is 11.6 Å². The van der Waals surface area contributed by atoms with E-state index in [0.717, 1.165) is 6.42 Å². The van der Waals surface area contributed by atoms with Crippen molar-refractivity contribution < 1.29 is 9.59 Å². The number of halogens is 1. The second-order valence-electron chi connectivity index (χ2n) is 6.65.